The van der Waals surface area contributed by atoms with Crippen molar-refractivity contribution in [1.29, 1.82) is 0 Å². The van der Waals surface area contributed by atoms with Crippen molar-refractivity contribution in [3.8, 4) is 0 Å². The van der Waals surface area contributed by atoms with E-state index in [1.165, 1.54) is 0 Å². The highest BCUT2D eigenvalue weighted by molar-refractivity contribution is 6.31. The quantitative estimate of drug-likeness (QED) is 0.725. The van der Waals surface area contributed by atoms with Crippen LogP contribution in [0.3, 0.4) is 0 Å². The molecule has 0 spiro atoms. The summed E-state index contributed by atoms with van der Waals surface area (Å²) in [5, 5.41) is 3.83. The molecule has 0 saturated carbocycles. The fraction of sp³-hybridized carbons (Fsp3) is 0.478. The lowest BCUT2D eigenvalue weighted by molar-refractivity contribution is -0.128. The van der Waals surface area contributed by atoms with Gasteiger partial charge in [-0.2, -0.15) is 0 Å². The molecule has 3 rings (SSSR count). The Morgan fingerprint density at radius 1 is 1.32 bits per heavy atom. The van der Waals surface area contributed by atoms with Crippen LogP contribution < -0.4 is 5.32 Å². The first kappa shape index (κ1) is 20.8. The lowest BCUT2D eigenvalue weighted by Gasteiger charge is -2.42. The van der Waals surface area contributed by atoms with Crippen molar-refractivity contribution < 1.29 is 9.53 Å². The number of pyridine rings is 1. The minimum Gasteiger partial charge on any atom is -0.378 e. The molecule has 1 aromatic heterocycles. The maximum absolute atomic E-state index is 12.8. The molecule has 4 nitrogen and oxygen atoms in total. The van der Waals surface area contributed by atoms with E-state index in [1.807, 2.05) is 30.3 Å². The highest BCUT2D eigenvalue weighted by atomic mass is 35.5. The molecule has 0 aliphatic carbocycles. The van der Waals surface area contributed by atoms with Crippen LogP contribution in [0.25, 0.3) is 0 Å². The maximum Gasteiger partial charge on any atom is 0.220 e. The van der Waals surface area contributed by atoms with Gasteiger partial charge in [0.2, 0.25) is 5.91 Å². The number of aromatic nitrogens is 1. The minimum atomic E-state index is -0.142. The van der Waals surface area contributed by atoms with E-state index in [-0.39, 0.29) is 17.4 Å². The van der Waals surface area contributed by atoms with E-state index in [0.717, 1.165) is 35.4 Å². The summed E-state index contributed by atoms with van der Waals surface area (Å²) in [6, 6.07) is 11.8. The maximum atomic E-state index is 12.8. The average Bonchev–Trinajstić information content (AvgIpc) is 2.69. The van der Waals surface area contributed by atoms with Gasteiger partial charge < -0.3 is 10.1 Å². The van der Waals surface area contributed by atoms with Crippen molar-refractivity contribution >= 4 is 17.5 Å². The Hall–Kier alpha value is -1.91. The highest BCUT2D eigenvalue weighted by Crippen LogP contribution is 2.42. The molecule has 1 saturated heterocycles. The molecular formula is C23H29ClN2O2. The predicted molar refractivity (Wildman–Crippen MR) is 112 cm³/mol. The standard InChI is InChI=1S/C23H29ClN2O2/c1-17(2)21-13-23(9-11-28-21,12-19-7-3-4-8-20(19)24)14-22(27)26-16-18-6-5-10-25-15-18/h3-8,10,15,17,21H,9,11-14,16H2,1-2H3,(H,26,27)/t21-,23-/m0/s1. The number of nitrogens with one attached hydrogen (secondary N) is 1. The summed E-state index contributed by atoms with van der Waals surface area (Å²) in [5.74, 6) is 0.490. The van der Waals surface area contributed by atoms with Gasteiger partial charge in [-0.15, -0.1) is 0 Å². The Morgan fingerprint density at radius 2 is 2.14 bits per heavy atom. The van der Waals surface area contributed by atoms with E-state index in [9.17, 15) is 4.79 Å². The van der Waals surface area contributed by atoms with Crippen LogP contribution in [-0.4, -0.2) is 23.6 Å². The number of amides is 1. The molecule has 5 heteroatoms. The number of ether oxygens (including phenoxy) is 1. The van der Waals surface area contributed by atoms with Crippen LogP contribution in [0, 0.1) is 11.3 Å². The summed E-state index contributed by atoms with van der Waals surface area (Å²) in [6.07, 6.45) is 6.69. The molecule has 1 fully saturated rings. The summed E-state index contributed by atoms with van der Waals surface area (Å²) in [6.45, 7) is 5.54. The first-order valence-electron chi connectivity index (χ1n) is 9.98. The average molecular weight is 401 g/mol. The van der Waals surface area contributed by atoms with Gasteiger partial charge in [-0.05, 0) is 53.9 Å². The summed E-state index contributed by atoms with van der Waals surface area (Å²) < 4.78 is 6.00. The molecule has 1 amide bonds. The molecular weight excluding hydrogens is 372 g/mol. The zero-order valence-electron chi connectivity index (χ0n) is 16.7. The molecule has 1 aliphatic heterocycles. The van der Waals surface area contributed by atoms with E-state index in [0.29, 0.717) is 25.5 Å². The fourth-order valence-corrected chi connectivity index (χ4v) is 4.18. The van der Waals surface area contributed by atoms with Crippen LogP contribution in [0.15, 0.2) is 48.8 Å². The predicted octanol–water partition coefficient (Wildman–Crippen LogP) is 4.81. The number of benzene rings is 1. The topological polar surface area (TPSA) is 51.2 Å². The smallest absolute Gasteiger partial charge is 0.220 e. The molecule has 0 bridgehead atoms. The van der Waals surface area contributed by atoms with Crippen LogP contribution in [0.1, 0.15) is 44.2 Å². The Bertz CT molecular complexity index is 781. The van der Waals surface area contributed by atoms with Gasteiger partial charge >= 0.3 is 0 Å². The lowest BCUT2D eigenvalue weighted by atomic mass is 9.69. The van der Waals surface area contributed by atoms with Gasteiger partial charge in [-0.3, -0.25) is 9.78 Å². The number of rotatable bonds is 7. The molecule has 150 valence electrons. The van der Waals surface area contributed by atoms with Crippen LogP contribution in [0.4, 0.5) is 0 Å². The zero-order valence-corrected chi connectivity index (χ0v) is 17.4. The number of halogens is 1. The summed E-state index contributed by atoms with van der Waals surface area (Å²) >= 11 is 6.44. The first-order valence-corrected chi connectivity index (χ1v) is 10.4. The number of hydrogen-bond donors (Lipinski definition) is 1. The Labute approximate surface area is 172 Å². The third-order valence-corrected chi connectivity index (χ3v) is 5.98. The van der Waals surface area contributed by atoms with E-state index >= 15 is 0 Å². The zero-order chi connectivity index (χ0) is 20.0. The summed E-state index contributed by atoms with van der Waals surface area (Å²) in [7, 11) is 0. The van der Waals surface area contributed by atoms with Gasteiger partial charge in [-0.1, -0.05) is 49.7 Å². The van der Waals surface area contributed by atoms with Crippen molar-refractivity contribution in [1.82, 2.24) is 10.3 Å². The van der Waals surface area contributed by atoms with Gasteiger partial charge in [-0.25, -0.2) is 0 Å². The molecule has 1 aromatic carbocycles. The normalized spacial score (nSPS) is 22.2. The number of nitrogens with zero attached hydrogens (tertiary/aromatic N) is 1. The first-order chi connectivity index (χ1) is 13.5. The van der Waals surface area contributed by atoms with Gasteiger partial charge in [0, 0.05) is 37.0 Å². The second-order valence-corrected chi connectivity index (χ2v) is 8.60. The highest BCUT2D eigenvalue weighted by Gasteiger charge is 2.40. The number of carbonyl (C=O) groups excluding carboxylic acids is 1. The summed E-state index contributed by atoms with van der Waals surface area (Å²) in [5.41, 5.74) is 1.97. The molecule has 0 unspecified atom stereocenters. The monoisotopic (exact) mass is 400 g/mol. The van der Waals surface area contributed by atoms with E-state index in [4.69, 9.17) is 16.3 Å². The second-order valence-electron chi connectivity index (χ2n) is 8.19. The van der Waals surface area contributed by atoms with E-state index < -0.39 is 0 Å². The Balaban J connectivity index is 1.74. The Morgan fingerprint density at radius 3 is 2.86 bits per heavy atom. The van der Waals surface area contributed by atoms with Gasteiger partial charge in [0.05, 0.1) is 6.10 Å². The van der Waals surface area contributed by atoms with Gasteiger partial charge in [0.1, 0.15) is 0 Å². The van der Waals surface area contributed by atoms with Crippen molar-refractivity contribution in [2.24, 2.45) is 11.3 Å². The third-order valence-electron chi connectivity index (χ3n) is 5.61. The molecule has 2 aromatic rings. The minimum absolute atomic E-state index is 0.0697. The van der Waals surface area contributed by atoms with Gasteiger partial charge in [0.25, 0.3) is 0 Å². The van der Waals surface area contributed by atoms with Crippen molar-refractivity contribution in [2.75, 3.05) is 6.61 Å². The van der Waals surface area contributed by atoms with Crippen LogP contribution in [0.5, 0.6) is 0 Å². The van der Waals surface area contributed by atoms with Gasteiger partial charge in [0.15, 0.2) is 0 Å². The lowest BCUT2D eigenvalue weighted by Crippen LogP contribution is -2.42. The second kappa shape index (κ2) is 9.53. The van der Waals surface area contributed by atoms with Crippen LogP contribution in [0.2, 0.25) is 5.02 Å². The van der Waals surface area contributed by atoms with E-state index in [1.54, 1.807) is 12.4 Å². The molecule has 28 heavy (non-hydrogen) atoms. The molecule has 0 radical (unpaired) electrons. The van der Waals surface area contributed by atoms with Crippen LogP contribution in [-0.2, 0) is 22.5 Å². The van der Waals surface area contributed by atoms with Crippen molar-refractivity contribution in [3.63, 3.8) is 0 Å². The van der Waals surface area contributed by atoms with E-state index in [2.05, 4.69) is 30.2 Å². The summed E-state index contributed by atoms with van der Waals surface area (Å²) in [4.78, 5) is 16.9. The molecule has 2 atom stereocenters. The largest absolute Gasteiger partial charge is 0.378 e. The number of hydrogen-bond acceptors (Lipinski definition) is 3. The number of carbonyl (C=O) groups is 1. The Kier molecular flexibility index (Phi) is 7.08. The molecule has 2 heterocycles. The molecule has 1 N–H and O–H groups in total. The SMILES string of the molecule is CC(C)[C@@H]1C[C@@](CC(=O)NCc2cccnc2)(Cc2ccccc2Cl)CCO1. The third kappa shape index (κ3) is 5.55. The van der Waals surface area contributed by atoms with Crippen molar-refractivity contribution in [2.45, 2.75) is 52.2 Å². The fourth-order valence-electron chi connectivity index (χ4n) is 3.98. The van der Waals surface area contributed by atoms with Crippen LogP contribution >= 0.6 is 11.6 Å². The van der Waals surface area contributed by atoms with Crippen molar-refractivity contribution in [3.05, 3.63) is 64.9 Å². The molecule has 1 aliphatic rings.